The van der Waals surface area contributed by atoms with E-state index in [-0.39, 0.29) is 18.0 Å². The van der Waals surface area contributed by atoms with E-state index in [0.29, 0.717) is 5.92 Å². The highest BCUT2D eigenvalue weighted by molar-refractivity contribution is 5.82. The number of nitrogens with one attached hydrogen (secondary N) is 2. The van der Waals surface area contributed by atoms with Gasteiger partial charge in [0, 0.05) is 32.2 Å². The normalized spacial score (nSPS) is 22.1. The first kappa shape index (κ1) is 26.2. The summed E-state index contributed by atoms with van der Waals surface area (Å²) in [7, 11) is 1.70. The molecule has 0 spiro atoms. The molecule has 2 saturated heterocycles. The number of likely N-dealkylation sites (tertiary alicyclic amines) is 2. The molecule has 1 aliphatic carbocycles. The number of hydrogen-bond acceptors (Lipinski definition) is 5. The van der Waals surface area contributed by atoms with E-state index in [0.717, 1.165) is 76.6 Å². The number of carbonyl (C=O) groups excluding carboxylic acids is 1. The Labute approximate surface area is 222 Å². The maximum atomic E-state index is 13.6. The van der Waals surface area contributed by atoms with Crippen molar-refractivity contribution in [1.29, 1.82) is 0 Å². The quantitative estimate of drug-likeness (QED) is 0.462. The molecule has 2 atom stereocenters. The molecule has 6 nitrogen and oxygen atoms in total. The summed E-state index contributed by atoms with van der Waals surface area (Å²) in [5, 5.41) is 7.12. The van der Waals surface area contributed by atoms with E-state index in [4.69, 9.17) is 4.74 Å². The molecule has 2 aromatic carbocycles. The van der Waals surface area contributed by atoms with E-state index in [1.165, 1.54) is 30.5 Å². The minimum absolute atomic E-state index is 0.109. The molecule has 0 radical (unpaired) electrons. The second-order valence-corrected chi connectivity index (χ2v) is 11.3. The van der Waals surface area contributed by atoms with Crippen LogP contribution in [0.2, 0.25) is 0 Å². The van der Waals surface area contributed by atoms with Crippen molar-refractivity contribution in [2.75, 3.05) is 46.4 Å². The van der Waals surface area contributed by atoms with E-state index in [9.17, 15) is 4.79 Å². The number of hydrogen-bond donors (Lipinski definition) is 2. The van der Waals surface area contributed by atoms with Crippen LogP contribution in [-0.2, 0) is 17.8 Å². The second-order valence-electron chi connectivity index (χ2n) is 11.3. The van der Waals surface area contributed by atoms with Crippen molar-refractivity contribution in [2.24, 2.45) is 11.8 Å². The third-order valence-corrected chi connectivity index (χ3v) is 8.40. The zero-order chi connectivity index (χ0) is 25.5. The highest BCUT2D eigenvalue weighted by atomic mass is 16.5. The molecule has 2 aromatic rings. The minimum Gasteiger partial charge on any atom is -0.497 e. The summed E-state index contributed by atoms with van der Waals surface area (Å²) < 4.78 is 5.28. The number of ether oxygens (including phenoxy) is 1. The lowest BCUT2D eigenvalue weighted by Gasteiger charge is -2.36. The van der Waals surface area contributed by atoms with Gasteiger partial charge >= 0.3 is 0 Å². The van der Waals surface area contributed by atoms with Crippen LogP contribution in [0.25, 0.3) is 0 Å². The molecule has 2 aliphatic heterocycles. The van der Waals surface area contributed by atoms with Crippen molar-refractivity contribution >= 4 is 5.91 Å². The summed E-state index contributed by atoms with van der Waals surface area (Å²) in [6.45, 7) is 7.19. The Kier molecular flexibility index (Phi) is 9.14. The van der Waals surface area contributed by atoms with E-state index in [1.807, 2.05) is 12.1 Å². The lowest BCUT2D eigenvalue weighted by molar-refractivity contribution is -0.125. The Bertz CT molecular complexity index is 970. The first-order valence-corrected chi connectivity index (χ1v) is 14.3. The highest BCUT2D eigenvalue weighted by Gasteiger charge is 2.34. The fourth-order valence-electron chi connectivity index (χ4n) is 6.00. The van der Waals surface area contributed by atoms with Gasteiger partial charge in [-0.3, -0.25) is 9.69 Å². The summed E-state index contributed by atoms with van der Waals surface area (Å²) in [6.07, 6.45) is 6.99. The number of amides is 1. The van der Waals surface area contributed by atoms with Gasteiger partial charge in [-0.1, -0.05) is 42.5 Å². The monoisotopic (exact) mass is 504 g/mol. The molecule has 3 aliphatic rings. The zero-order valence-electron chi connectivity index (χ0n) is 22.4. The van der Waals surface area contributed by atoms with Gasteiger partial charge < -0.3 is 20.3 Å². The maximum Gasteiger partial charge on any atom is 0.237 e. The minimum atomic E-state index is -0.109. The van der Waals surface area contributed by atoms with Crippen LogP contribution in [0.4, 0.5) is 0 Å². The van der Waals surface area contributed by atoms with Gasteiger partial charge in [-0.15, -0.1) is 0 Å². The fraction of sp³-hybridized carbons (Fsp3) is 0.581. The molecule has 6 heteroatoms. The van der Waals surface area contributed by atoms with Gasteiger partial charge in [-0.2, -0.15) is 0 Å². The van der Waals surface area contributed by atoms with Crippen molar-refractivity contribution in [2.45, 2.75) is 57.2 Å². The molecule has 2 N–H and O–H groups in total. The predicted molar refractivity (Wildman–Crippen MR) is 149 cm³/mol. The summed E-state index contributed by atoms with van der Waals surface area (Å²) in [5.74, 6) is 2.43. The Hall–Kier alpha value is -2.41. The van der Waals surface area contributed by atoms with E-state index < -0.39 is 0 Å². The van der Waals surface area contributed by atoms with Crippen LogP contribution in [0, 0.1) is 11.8 Å². The third-order valence-electron chi connectivity index (χ3n) is 8.40. The van der Waals surface area contributed by atoms with Crippen LogP contribution < -0.4 is 15.4 Å². The molecule has 0 aromatic heterocycles. The average Bonchev–Trinajstić information content (AvgIpc) is 3.65. The lowest BCUT2D eigenvalue weighted by atomic mass is 9.88. The van der Waals surface area contributed by atoms with Gasteiger partial charge in [0.25, 0.3) is 0 Å². The molecule has 3 fully saturated rings. The Morgan fingerprint density at radius 3 is 2.35 bits per heavy atom. The van der Waals surface area contributed by atoms with Crippen LogP contribution in [0.5, 0.6) is 5.75 Å². The Morgan fingerprint density at radius 1 is 0.919 bits per heavy atom. The van der Waals surface area contributed by atoms with Crippen LogP contribution in [0.3, 0.4) is 0 Å². The number of methoxy groups -OCH3 is 1. The summed E-state index contributed by atoms with van der Waals surface area (Å²) in [6, 6.07) is 19.0. The number of benzene rings is 2. The van der Waals surface area contributed by atoms with Crippen LogP contribution in [0.1, 0.15) is 43.2 Å². The van der Waals surface area contributed by atoms with Gasteiger partial charge in [0.2, 0.25) is 5.91 Å². The van der Waals surface area contributed by atoms with E-state index in [1.54, 1.807) is 7.11 Å². The first-order valence-electron chi connectivity index (χ1n) is 14.3. The summed E-state index contributed by atoms with van der Waals surface area (Å²) in [4.78, 5) is 18.7. The molecule has 5 rings (SSSR count). The third kappa shape index (κ3) is 7.79. The SMILES string of the molecule is COc1ccc(CN2CC[C@H](NC(=O)C(NCCc3ccccc3)C3CCN(CC4CC4)CC3)C2)cc1. The van der Waals surface area contributed by atoms with Gasteiger partial charge in [0.1, 0.15) is 5.75 Å². The number of nitrogens with zero attached hydrogens (tertiary/aromatic N) is 2. The second kappa shape index (κ2) is 12.9. The molecule has 200 valence electrons. The topological polar surface area (TPSA) is 56.8 Å². The van der Waals surface area contributed by atoms with Crippen molar-refractivity contribution < 1.29 is 9.53 Å². The molecule has 37 heavy (non-hydrogen) atoms. The number of piperidine rings is 1. The zero-order valence-corrected chi connectivity index (χ0v) is 22.4. The van der Waals surface area contributed by atoms with Crippen LogP contribution in [-0.4, -0.2) is 74.2 Å². The smallest absolute Gasteiger partial charge is 0.237 e. The highest BCUT2D eigenvalue weighted by Crippen LogP contribution is 2.31. The molecule has 2 heterocycles. The lowest BCUT2D eigenvalue weighted by Crippen LogP contribution is -2.54. The van der Waals surface area contributed by atoms with Crippen molar-refractivity contribution in [3.8, 4) is 5.75 Å². The van der Waals surface area contributed by atoms with Crippen molar-refractivity contribution in [1.82, 2.24) is 20.4 Å². The molecule has 1 saturated carbocycles. The summed E-state index contributed by atoms with van der Waals surface area (Å²) in [5.41, 5.74) is 2.60. The Morgan fingerprint density at radius 2 is 1.65 bits per heavy atom. The standard InChI is InChI=1S/C31H44N4O2/c1-37-29-11-9-26(10-12-29)22-35-20-16-28(23-35)33-31(36)30(32-17-13-24-5-3-2-4-6-24)27-14-18-34(19-15-27)21-25-7-8-25/h2-6,9-12,25,27-28,30,32H,7-8,13-23H2,1H3,(H,33,36)/t28-,30?/m0/s1. The van der Waals surface area contributed by atoms with Crippen LogP contribution in [0.15, 0.2) is 54.6 Å². The van der Waals surface area contributed by atoms with Gasteiger partial charge in [-0.05, 0) is 93.3 Å². The van der Waals surface area contributed by atoms with Gasteiger partial charge in [0.15, 0.2) is 0 Å². The van der Waals surface area contributed by atoms with Crippen molar-refractivity contribution in [3.05, 3.63) is 65.7 Å². The Balaban J connectivity index is 1.13. The summed E-state index contributed by atoms with van der Waals surface area (Å²) >= 11 is 0. The van der Waals surface area contributed by atoms with Gasteiger partial charge in [-0.25, -0.2) is 0 Å². The van der Waals surface area contributed by atoms with Crippen molar-refractivity contribution in [3.63, 3.8) is 0 Å². The fourth-order valence-corrected chi connectivity index (χ4v) is 6.00. The molecular formula is C31H44N4O2. The predicted octanol–water partition coefficient (Wildman–Crippen LogP) is 3.71. The molecular weight excluding hydrogens is 460 g/mol. The maximum absolute atomic E-state index is 13.6. The molecule has 0 bridgehead atoms. The molecule has 1 amide bonds. The molecule has 1 unspecified atom stereocenters. The average molecular weight is 505 g/mol. The van der Waals surface area contributed by atoms with E-state index in [2.05, 4.69) is 62.9 Å². The van der Waals surface area contributed by atoms with E-state index >= 15 is 0 Å². The number of rotatable bonds is 12. The first-order chi connectivity index (χ1) is 18.2. The van der Waals surface area contributed by atoms with Crippen LogP contribution >= 0.6 is 0 Å². The largest absolute Gasteiger partial charge is 0.497 e. The number of carbonyl (C=O) groups is 1. The van der Waals surface area contributed by atoms with Gasteiger partial charge in [0.05, 0.1) is 13.2 Å².